The third kappa shape index (κ3) is 3.95. The van der Waals surface area contributed by atoms with Gasteiger partial charge >= 0.3 is 6.36 Å². The normalized spacial score (nSPS) is 27.8. The van der Waals surface area contributed by atoms with Gasteiger partial charge in [0.05, 0.1) is 36.8 Å². The third-order valence-corrected chi connectivity index (χ3v) is 6.27. The Hall–Kier alpha value is -2.66. The number of nitrogens with zero attached hydrogens (tertiary/aromatic N) is 2. The summed E-state index contributed by atoms with van der Waals surface area (Å²) in [5.41, 5.74) is 0.272. The van der Waals surface area contributed by atoms with E-state index in [9.17, 15) is 18.0 Å². The topological polar surface area (TPSA) is 86.6 Å². The van der Waals surface area contributed by atoms with Gasteiger partial charge in [0.2, 0.25) is 0 Å². The van der Waals surface area contributed by atoms with Gasteiger partial charge < -0.3 is 20.1 Å². The maximum absolute atomic E-state index is 12.7. The molecule has 2 N–H and O–H groups in total. The van der Waals surface area contributed by atoms with Crippen molar-refractivity contribution in [1.29, 1.82) is 0 Å². The number of amides is 1. The van der Waals surface area contributed by atoms with E-state index < -0.39 is 19.1 Å². The number of hydrogen-bond acceptors (Lipinski definition) is 6. The molecule has 172 valence electrons. The molecule has 6 rings (SSSR count). The molecule has 4 aliphatic rings. The van der Waals surface area contributed by atoms with Gasteiger partial charge in [0, 0.05) is 10.6 Å². The number of carbonyl (C=O) groups excluding carboxylic acids is 1. The Morgan fingerprint density at radius 1 is 1.34 bits per heavy atom. The summed E-state index contributed by atoms with van der Waals surface area (Å²) < 4.78 is 52.5. The Bertz CT molecular complexity index is 1020. The first kappa shape index (κ1) is 21.2. The van der Waals surface area contributed by atoms with E-state index in [4.69, 9.17) is 21.1 Å². The number of fused-ring (bicyclic) bond motifs is 1. The number of aromatic nitrogens is 2. The monoisotopic (exact) mass is 472 g/mol. The van der Waals surface area contributed by atoms with Crippen molar-refractivity contribution >= 4 is 23.2 Å². The third-order valence-electron chi connectivity index (χ3n) is 6.03. The number of alkyl halides is 3. The van der Waals surface area contributed by atoms with Gasteiger partial charge in [-0.05, 0) is 37.5 Å². The molecule has 1 amide bonds. The molecule has 8 nitrogen and oxygen atoms in total. The van der Waals surface area contributed by atoms with Gasteiger partial charge in [-0.25, -0.2) is 0 Å². The fraction of sp³-hybridized carbons (Fsp3) is 0.500. The molecule has 2 aromatic rings. The molecule has 0 spiro atoms. The fourth-order valence-corrected chi connectivity index (χ4v) is 4.87. The van der Waals surface area contributed by atoms with Gasteiger partial charge in [-0.1, -0.05) is 11.6 Å². The molecule has 0 radical (unpaired) electrons. The van der Waals surface area contributed by atoms with Crippen molar-refractivity contribution in [2.24, 2.45) is 0 Å². The molecule has 3 aliphatic carbocycles. The van der Waals surface area contributed by atoms with Crippen LogP contribution in [0.1, 0.15) is 19.3 Å². The first-order valence-corrected chi connectivity index (χ1v) is 10.4. The van der Waals surface area contributed by atoms with Crippen LogP contribution in [0.4, 0.5) is 18.9 Å². The van der Waals surface area contributed by atoms with Crippen LogP contribution in [0, 0.1) is 0 Å². The molecule has 12 heteroatoms. The van der Waals surface area contributed by atoms with Crippen molar-refractivity contribution in [2.75, 3.05) is 25.1 Å². The maximum atomic E-state index is 12.7. The van der Waals surface area contributed by atoms with Crippen molar-refractivity contribution in [3.05, 3.63) is 35.6 Å². The molecular formula is C20H20ClF3N4O4. The highest BCUT2D eigenvalue weighted by Crippen LogP contribution is 2.65. The van der Waals surface area contributed by atoms with Gasteiger partial charge in [0.25, 0.3) is 5.91 Å². The summed E-state index contributed by atoms with van der Waals surface area (Å²) in [5.74, 6) is 0.777. The molecule has 1 atom stereocenters. The molecule has 3 fully saturated rings. The largest absolute Gasteiger partial charge is 0.522 e. The smallest absolute Gasteiger partial charge is 0.488 e. The Balaban J connectivity index is 1.10. The number of hydrogen-bond donors (Lipinski definition) is 2. The molecule has 2 heterocycles. The van der Waals surface area contributed by atoms with E-state index in [-0.39, 0.29) is 23.6 Å². The minimum absolute atomic E-state index is 0.180. The summed E-state index contributed by atoms with van der Waals surface area (Å²) >= 11 is 5.97. The van der Waals surface area contributed by atoms with Crippen LogP contribution in [0.2, 0.25) is 5.02 Å². The van der Waals surface area contributed by atoms with Crippen molar-refractivity contribution in [3.63, 3.8) is 0 Å². The molecular weight excluding hydrogens is 453 g/mol. The highest BCUT2D eigenvalue weighted by Gasteiger charge is 2.70. The van der Waals surface area contributed by atoms with Crippen molar-refractivity contribution in [2.45, 2.75) is 42.8 Å². The summed E-state index contributed by atoms with van der Waals surface area (Å²) in [5, 5.41) is 11.1. The van der Waals surface area contributed by atoms with Crippen LogP contribution in [0.15, 0.2) is 30.6 Å². The second-order valence-electron chi connectivity index (χ2n) is 8.42. The zero-order valence-corrected chi connectivity index (χ0v) is 17.5. The quantitative estimate of drug-likeness (QED) is 0.602. The average Bonchev–Trinajstić information content (AvgIpc) is 3.14. The minimum Gasteiger partial charge on any atom is -0.488 e. The highest BCUT2D eigenvalue weighted by atomic mass is 35.5. The molecule has 1 aromatic carbocycles. The number of halogens is 4. The predicted molar refractivity (Wildman–Crippen MR) is 107 cm³/mol. The SMILES string of the molecule is O=C(NC12CC(n3cc(OCCOC(F)(F)F)cn3)(C1)C2)[C@@H]1CNc2cc(Cl)ccc2O1. The number of carbonyl (C=O) groups is 1. The molecule has 2 bridgehead atoms. The molecule has 0 saturated heterocycles. The zero-order valence-electron chi connectivity index (χ0n) is 16.7. The van der Waals surface area contributed by atoms with Crippen LogP contribution < -0.4 is 20.1 Å². The second kappa shape index (κ2) is 7.45. The van der Waals surface area contributed by atoms with E-state index in [1.54, 1.807) is 29.1 Å². The summed E-state index contributed by atoms with van der Waals surface area (Å²) in [6.07, 6.45) is -0.0339. The Morgan fingerprint density at radius 3 is 2.88 bits per heavy atom. The highest BCUT2D eigenvalue weighted by molar-refractivity contribution is 6.30. The van der Waals surface area contributed by atoms with Gasteiger partial charge in [0.1, 0.15) is 12.4 Å². The van der Waals surface area contributed by atoms with Crippen molar-refractivity contribution in [1.82, 2.24) is 15.1 Å². The van der Waals surface area contributed by atoms with E-state index in [2.05, 4.69) is 20.5 Å². The lowest BCUT2D eigenvalue weighted by atomic mass is 9.44. The second-order valence-corrected chi connectivity index (χ2v) is 8.85. The molecule has 1 aromatic heterocycles. The van der Waals surface area contributed by atoms with Crippen LogP contribution in [0.5, 0.6) is 11.5 Å². The Labute approximate surface area is 185 Å². The lowest BCUT2D eigenvalue weighted by Crippen LogP contribution is -2.79. The van der Waals surface area contributed by atoms with Gasteiger partial charge in [-0.3, -0.25) is 14.2 Å². The van der Waals surface area contributed by atoms with Crippen LogP contribution in [-0.2, 0) is 15.1 Å². The standard InChI is InChI=1S/C20H20ClF3N4O4/c21-12-1-2-15-14(5-12)25-7-16(32-15)17(29)27-18-9-19(10-18,11-18)28-8-13(6-26-28)30-3-4-31-20(22,23)24/h1-2,5-6,8,16,25H,3-4,7,9-11H2,(H,27,29)/t16-,18?,19?/m0/s1. The number of ether oxygens (including phenoxy) is 3. The number of nitrogens with one attached hydrogen (secondary N) is 2. The molecule has 1 aliphatic heterocycles. The van der Waals surface area contributed by atoms with Crippen molar-refractivity contribution in [3.8, 4) is 11.5 Å². The van der Waals surface area contributed by atoms with Gasteiger partial charge in [0.15, 0.2) is 11.9 Å². The number of rotatable bonds is 7. The lowest BCUT2D eigenvalue weighted by molar-refractivity contribution is -0.325. The fourth-order valence-electron chi connectivity index (χ4n) is 4.70. The van der Waals surface area contributed by atoms with Crippen LogP contribution >= 0.6 is 11.6 Å². The number of benzene rings is 1. The van der Waals surface area contributed by atoms with Crippen LogP contribution in [0.25, 0.3) is 0 Å². The van der Waals surface area contributed by atoms with E-state index in [1.807, 2.05) is 0 Å². The summed E-state index contributed by atoms with van der Waals surface area (Å²) in [6, 6.07) is 5.19. The average molecular weight is 473 g/mol. The Morgan fingerprint density at radius 2 is 2.12 bits per heavy atom. The zero-order chi connectivity index (χ0) is 22.6. The van der Waals surface area contributed by atoms with E-state index >= 15 is 0 Å². The summed E-state index contributed by atoms with van der Waals surface area (Å²) in [6.45, 7) is -0.480. The first-order chi connectivity index (χ1) is 15.2. The van der Waals surface area contributed by atoms with Crippen LogP contribution in [-0.4, -0.2) is 53.5 Å². The van der Waals surface area contributed by atoms with E-state index in [1.165, 1.54) is 6.20 Å². The number of anilines is 1. The van der Waals surface area contributed by atoms with Gasteiger partial charge in [-0.2, -0.15) is 5.10 Å². The first-order valence-electron chi connectivity index (χ1n) is 10.1. The Kier molecular flexibility index (Phi) is 4.93. The lowest BCUT2D eigenvalue weighted by Gasteiger charge is -2.70. The molecule has 3 saturated carbocycles. The maximum Gasteiger partial charge on any atom is 0.522 e. The van der Waals surface area contributed by atoms with Crippen LogP contribution in [0.3, 0.4) is 0 Å². The summed E-state index contributed by atoms with van der Waals surface area (Å²) in [4.78, 5) is 12.7. The molecule has 32 heavy (non-hydrogen) atoms. The minimum atomic E-state index is -4.67. The van der Waals surface area contributed by atoms with E-state index in [0.29, 0.717) is 23.1 Å². The van der Waals surface area contributed by atoms with Crippen molar-refractivity contribution < 1.29 is 32.2 Å². The summed E-state index contributed by atoms with van der Waals surface area (Å²) in [7, 11) is 0. The van der Waals surface area contributed by atoms with E-state index in [0.717, 1.165) is 24.9 Å². The predicted octanol–water partition coefficient (Wildman–Crippen LogP) is 3.07. The molecule has 0 unspecified atom stereocenters. The van der Waals surface area contributed by atoms with Gasteiger partial charge in [-0.15, -0.1) is 13.2 Å².